The topological polar surface area (TPSA) is 73.1 Å². The highest BCUT2D eigenvalue weighted by Crippen LogP contribution is 2.24. The average Bonchev–Trinajstić information content (AvgIpc) is 2.96. The first kappa shape index (κ1) is 13.4. The van der Waals surface area contributed by atoms with Crippen LogP contribution in [0.2, 0.25) is 5.28 Å². The van der Waals surface area contributed by atoms with E-state index in [0.717, 1.165) is 11.3 Å². The van der Waals surface area contributed by atoms with Gasteiger partial charge in [0, 0.05) is 11.8 Å². The summed E-state index contributed by atoms with van der Waals surface area (Å²) in [4.78, 5) is 12.1. The summed E-state index contributed by atoms with van der Waals surface area (Å²) < 4.78 is 10.5. The molecule has 1 N–H and O–H groups in total. The molecule has 0 saturated heterocycles. The highest BCUT2D eigenvalue weighted by Gasteiger charge is 2.07. The minimum Gasteiger partial charge on any atom is -0.497 e. The molecule has 0 saturated carbocycles. The third kappa shape index (κ3) is 3.11. The van der Waals surface area contributed by atoms with Gasteiger partial charge in [0.1, 0.15) is 23.5 Å². The van der Waals surface area contributed by atoms with Gasteiger partial charge in [0.05, 0.1) is 7.11 Å². The van der Waals surface area contributed by atoms with E-state index in [1.165, 1.54) is 0 Å². The third-order valence-electron chi connectivity index (χ3n) is 2.75. The summed E-state index contributed by atoms with van der Waals surface area (Å²) in [5.74, 6) is 1.30. The Balaban J connectivity index is 1.79. The molecule has 21 heavy (non-hydrogen) atoms. The van der Waals surface area contributed by atoms with Crippen LogP contribution in [-0.2, 0) is 0 Å². The maximum atomic E-state index is 5.72. The minimum absolute atomic E-state index is 0.155. The molecule has 0 amide bonds. The van der Waals surface area contributed by atoms with Crippen molar-refractivity contribution >= 4 is 23.4 Å². The van der Waals surface area contributed by atoms with E-state index >= 15 is 0 Å². The van der Waals surface area contributed by atoms with Gasteiger partial charge in [-0.15, -0.1) is 0 Å². The predicted octanol–water partition coefficient (Wildman–Crippen LogP) is 3.54. The highest BCUT2D eigenvalue weighted by atomic mass is 35.5. The Labute approximate surface area is 125 Å². The van der Waals surface area contributed by atoms with Crippen LogP contribution in [0, 0.1) is 0 Å². The number of hydrogen-bond donors (Lipinski definition) is 1. The molecule has 3 aromatic rings. The van der Waals surface area contributed by atoms with Crippen molar-refractivity contribution in [1.29, 1.82) is 0 Å². The van der Waals surface area contributed by atoms with Crippen molar-refractivity contribution in [3.63, 3.8) is 0 Å². The van der Waals surface area contributed by atoms with Gasteiger partial charge in [0.2, 0.25) is 5.28 Å². The van der Waals surface area contributed by atoms with Crippen molar-refractivity contribution in [3.05, 3.63) is 48.1 Å². The standard InChI is InChI=1S/C14H11ClN4O2/c1-20-10-4-2-9(3-5-10)11-8-21-14(17-11)19-12-6-7-16-13(15)18-12/h2-8H,1H3,(H,16,17,18,19). The number of methoxy groups -OCH3 is 1. The lowest BCUT2D eigenvalue weighted by Crippen LogP contribution is -1.94. The second-order valence-electron chi connectivity index (χ2n) is 4.10. The number of rotatable bonds is 4. The smallest absolute Gasteiger partial charge is 0.300 e. The van der Waals surface area contributed by atoms with Crippen molar-refractivity contribution in [2.45, 2.75) is 0 Å². The molecule has 0 bridgehead atoms. The molecule has 1 aromatic carbocycles. The minimum atomic E-state index is 0.155. The second-order valence-corrected chi connectivity index (χ2v) is 4.44. The van der Waals surface area contributed by atoms with Gasteiger partial charge in [0.25, 0.3) is 0 Å². The van der Waals surface area contributed by atoms with Crippen molar-refractivity contribution < 1.29 is 9.15 Å². The van der Waals surface area contributed by atoms with Crippen molar-refractivity contribution in [2.75, 3.05) is 12.4 Å². The van der Waals surface area contributed by atoms with Crippen LogP contribution in [0.5, 0.6) is 5.75 Å². The molecule has 0 atom stereocenters. The van der Waals surface area contributed by atoms with Crippen LogP contribution in [0.4, 0.5) is 11.8 Å². The maximum absolute atomic E-state index is 5.72. The van der Waals surface area contributed by atoms with Gasteiger partial charge in [-0.05, 0) is 41.9 Å². The maximum Gasteiger partial charge on any atom is 0.300 e. The Bertz CT molecular complexity index is 743. The summed E-state index contributed by atoms with van der Waals surface area (Å²) in [6.45, 7) is 0. The van der Waals surface area contributed by atoms with Gasteiger partial charge in [-0.25, -0.2) is 9.97 Å². The van der Waals surface area contributed by atoms with E-state index in [9.17, 15) is 0 Å². The lowest BCUT2D eigenvalue weighted by atomic mass is 10.2. The number of nitrogens with zero attached hydrogens (tertiary/aromatic N) is 3. The van der Waals surface area contributed by atoms with Gasteiger partial charge in [-0.1, -0.05) is 0 Å². The Morgan fingerprint density at radius 1 is 1.14 bits per heavy atom. The molecule has 2 aromatic heterocycles. The zero-order valence-corrected chi connectivity index (χ0v) is 11.8. The van der Waals surface area contributed by atoms with Gasteiger partial charge in [0.15, 0.2) is 0 Å². The number of anilines is 2. The third-order valence-corrected chi connectivity index (χ3v) is 2.93. The molecular formula is C14H11ClN4O2. The first-order valence-corrected chi connectivity index (χ1v) is 6.48. The molecule has 6 nitrogen and oxygen atoms in total. The summed E-state index contributed by atoms with van der Waals surface area (Å²) in [6, 6.07) is 9.53. The number of benzene rings is 1. The summed E-state index contributed by atoms with van der Waals surface area (Å²) in [6.07, 6.45) is 3.11. The molecule has 7 heteroatoms. The summed E-state index contributed by atoms with van der Waals surface area (Å²) >= 11 is 5.72. The summed E-state index contributed by atoms with van der Waals surface area (Å²) in [5.41, 5.74) is 1.63. The van der Waals surface area contributed by atoms with Gasteiger partial charge in [-0.3, -0.25) is 5.32 Å². The summed E-state index contributed by atoms with van der Waals surface area (Å²) in [5, 5.41) is 3.07. The van der Waals surface area contributed by atoms with Crippen molar-refractivity contribution in [2.24, 2.45) is 0 Å². The van der Waals surface area contributed by atoms with E-state index in [-0.39, 0.29) is 5.28 Å². The fourth-order valence-corrected chi connectivity index (χ4v) is 1.89. The van der Waals surface area contributed by atoms with E-state index in [2.05, 4.69) is 20.3 Å². The molecular weight excluding hydrogens is 292 g/mol. The lowest BCUT2D eigenvalue weighted by molar-refractivity contribution is 0.415. The van der Waals surface area contributed by atoms with Gasteiger partial charge < -0.3 is 9.15 Å². The van der Waals surface area contributed by atoms with E-state index in [1.54, 1.807) is 25.6 Å². The average molecular weight is 303 g/mol. The largest absolute Gasteiger partial charge is 0.497 e. The van der Waals surface area contributed by atoms with Crippen molar-refractivity contribution in [3.8, 4) is 17.0 Å². The van der Waals surface area contributed by atoms with Crippen LogP contribution in [0.25, 0.3) is 11.3 Å². The highest BCUT2D eigenvalue weighted by molar-refractivity contribution is 6.28. The molecule has 2 heterocycles. The van der Waals surface area contributed by atoms with Crippen molar-refractivity contribution in [1.82, 2.24) is 15.0 Å². The summed E-state index contributed by atoms with van der Waals surface area (Å²) in [7, 11) is 1.62. The Kier molecular flexibility index (Phi) is 3.70. The zero-order chi connectivity index (χ0) is 14.7. The molecule has 0 spiro atoms. The molecule has 106 valence electrons. The lowest BCUT2D eigenvalue weighted by Gasteiger charge is -2.00. The van der Waals surface area contributed by atoms with Crippen LogP contribution in [0.1, 0.15) is 0 Å². The van der Waals surface area contributed by atoms with Crippen LogP contribution in [-0.4, -0.2) is 22.1 Å². The monoisotopic (exact) mass is 302 g/mol. The molecule has 0 aliphatic carbocycles. The van der Waals surface area contributed by atoms with E-state index in [0.29, 0.717) is 17.5 Å². The van der Waals surface area contributed by atoms with Crippen LogP contribution in [0.3, 0.4) is 0 Å². The van der Waals surface area contributed by atoms with Crippen LogP contribution >= 0.6 is 11.6 Å². The van der Waals surface area contributed by atoms with Crippen LogP contribution < -0.4 is 10.1 Å². The number of hydrogen-bond acceptors (Lipinski definition) is 6. The molecule has 0 aliphatic rings. The number of ether oxygens (including phenoxy) is 1. The first-order chi connectivity index (χ1) is 10.2. The number of nitrogens with one attached hydrogen (secondary N) is 1. The molecule has 0 radical (unpaired) electrons. The molecule has 0 fully saturated rings. The van der Waals surface area contributed by atoms with E-state index in [4.69, 9.17) is 20.8 Å². The zero-order valence-electron chi connectivity index (χ0n) is 11.1. The quantitative estimate of drug-likeness (QED) is 0.743. The van der Waals surface area contributed by atoms with E-state index < -0.39 is 0 Å². The SMILES string of the molecule is COc1ccc(-c2coc(Nc3ccnc(Cl)n3)n2)cc1. The Morgan fingerprint density at radius 2 is 1.95 bits per heavy atom. The molecule has 0 unspecified atom stereocenters. The normalized spacial score (nSPS) is 10.4. The fraction of sp³-hybridized carbons (Fsp3) is 0.0714. The predicted molar refractivity (Wildman–Crippen MR) is 78.8 cm³/mol. The van der Waals surface area contributed by atoms with Gasteiger partial charge >= 0.3 is 6.01 Å². The molecule has 3 rings (SSSR count). The number of aromatic nitrogens is 3. The second kappa shape index (κ2) is 5.80. The molecule has 0 aliphatic heterocycles. The number of halogens is 1. The van der Waals surface area contributed by atoms with Gasteiger partial charge in [-0.2, -0.15) is 4.98 Å². The van der Waals surface area contributed by atoms with E-state index in [1.807, 2.05) is 24.3 Å². The number of oxazole rings is 1. The first-order valence-electron chi connectivity index (χ1n) is 6.10. The fourth-order valence-electron chi connectivity index (χ4n) is 1.74. The Morgan fingerprint density at radius 3 is 2.67 bits per heavy atom. The Hall–Kier alpha value is -2.60. The van der Waals surface area contributed by atoms with Crippen LogP contribution in [0.15, 0.2) is 47.2 Å².